The van der Waals surface area contributed by atoms with Crippen molar-refractivity contribution in [2.45, 2.75) is 18.9 Å². The zero-order chi connectivity index (χ0) is 12.4. The smallest absolute Gasteiger partial charge is 0.252 e. The molecule has 6 heteroatoms. The van der Waals surface area contributed by atoms with Gasteiger partial charge < -0.3 is 10.2 Å². The van der Waals surface area contributed by atoms with E-state index in [-0.39, 0.29) is 17.9 Å². The van der Waals surface area contributed by atoms with Crippen LogP contribution >= 0.6 is 33.9 Å². The molecular weight excluding hydrogens is 351 g/mol. The topological polar surface area (TPSA) is 49.4 Å². The molecule has 0 spiro atoms. The maximum absolute atomic E-state index is 11.9. The summed E-state index contributed by atoms with van der Waals surface area (Å²) in [5, 5.41) is 4.83. The number of likely N-dealkylation sites (N-methyl/N-ethyl adjacent to an activating group) is 1. The summed E-state index contributed by atoms with van der Waals surface area (Å²) < 4.78 is 1.10. The predicted octanol–water partition coefficient (Wildman–Crippen LogP) is 1.70. The molecule has 92 valence electrons. The largest absolute Gasteiger partial charge is 0.347 e. The second kappa shape index (κ2) is 5.34. The number of carbonyl (C=O) groups excluding carboxylic acids is 2. The Morgan fingerprint density at radius 2 is 2.41 bits per heavy atom. The number of rotatable bonds is 2. The molecule has 1 aliphatic rings. The lowest BCUT2D eigenvalue weighted by Gasteiger charge is -2.30. The number of amides is 2. The first-order valence-electron chi connectivity index (χ1n) is 5.35. The Hall–Kier alpha value is -0.630. The second-order valence-corrected chi connectivity index (χ2v) is 6.93. The lowest BCUT2D eigenvalue weighted by atomic mass is 10.1. The second-order valence-electron chi connectivity index (χ2n) is 4.12. The Balaban J connectivity index is 1.93. The van der Waals surface area contributed by atoms with E-state index in [0.717, 1.165) is 9.30 Å². The van der Waals surface area contributed by atoms with Gasteiger partial charge in [-0.2, -0.15) is 0 Å². The van der Waals surface area contributed by atoms with E-state index < -0.39 is 0 Å². The van der Waals surface area contributed by atoms with Crippen LogP contribution in [0, 0.1) is 2.88 Å². The number of piperidine rings is 1. The molecule has 0 aliphatic carbocycles. The van der Waals surface area contributed by atoms with Crippen LogP contribution in [-0.2, 0) is 4.79 Å². The minimum absolute atomic E-state index is 0.0445. The summed E-state index contributed by atoms with van der Waals surface area (Å²) in [5.74, 6) is 0.109. The van der Waals surface area contributed by atoms with Gasteiger partial charge in [-0.05, 0) is 35.1 Å². The lowest BCUT2D eigenvalue weighted by Crippen LogP contribution is -2.48. The zero-order valence-corrected chi connectivity index (χ0v) is 12.4. The number of hydrogen-bond donors (Lipinski definition) is 1. The molecule has 1 N–H and O–H groups in total. The molecule has 1 saturated heterocycles. The molecular formula is C11H13IN2O2S. The third-order valence-corrected chi connectivity index (χ3v) is 4.58. The van der Waals surface area contributed by atoms with Crippen molar-refractivity contribution in [2.75, 3.05) is 13.6 Å². The van der Waals surface area contributed by atoms with E-state index in [1.807, 2.05) is 11.4 Å². The maximum Gasteiger partial charge on any atom is 0.252 e. The van der Waals surface area contributed by atoms with Crippen molar-refractivity contribution in [2.24, 2.45) is 0 Å². The summed E-state index contributed by atoms with van der Waals surface area (Å²) in [6.07, 6.45) is 1.25. The first-order valence-corrected chi connectivity index (χ1v) is 7.31. The number of nitrogens with one attached hydrogen (secondary N) is 1. The van der Waals surface area contributed by atoms with E-state index in [9.17, 15) is 9.59 Å². The third-order valence-electron chi connectivity index (χ3n) is 2.79. The Kier molecular flexibility index (Phi) is 4.03. The van der Waals surface area contributed by atoms with Crippen LogP contribution in [0.5, 0.6) is 0 Å². The van der Waals surface area contributed by atoms with Crippen molar-refractivity contribution in [3.05, 3.63) is 19.9 Å². The Bertz CT molecular complexity index is 446. The van der Waals surface area contributed by atoms with Crippen molar-refractivity contribution in [3.63, 3.8) is 0 Å². The average Bonchev–Trinajstić information content (AvgIpc) is 2.70. The molecule has 2 amide bonds. The molecule has 1 aromatic heterocycles. The molecule has 1 unspecified atom stereocenters. The summed E-state index contributed by atoms with van der Waals surface area (Å²) >= 11 is 3.75. The predicted molar refractivity (Wildman–Crippen MR) is 75.2 cm³/mol. The van der Waals surface area contributed by atoms with Gasteiger partial charge in [-0.15, -0.1) is 11.3 Å². The quantitative estimate of drug-likeness (QED) is 0.813. The number of likely N-dealkylation sites (tertiary alicyclic amines) is 1. The number of thiophene rings is 1. The number of halogens is 1. The minimum Gasteiger partial charge on any atom is -0.347 e. The van der Waals surface area contributed by atoms with Gasteiger partial charge in [0.05, 0.1) is 8.45 Å². The van der Waals surface area contributed by atoms with Gasteiger partial charge in [0.2, 0.25) is 5.91 Å². The highest BCUT2D eigenvalue weighted by molar-refractivity contribution is 14.1. The highest BCUT2D eigenvalue weighted by Crippen LogP contribution is 2.17. The van der Waals surface area contributed by atoms with Crippen LogP contribution in [0.15, 0.2) is 11.4 Å². The van der Waals surface area contributed by atoms with Crippen LogP contribution in [0.2, 0.25) is 0 Å². The van der Waals surface area contributed by atoms with E-state index in [2.05, 4.69) is 27.9 Å². The van der Waals surface area contributed by atoms with Gasteiger partial charge in [-0.3, -0.25) is 9.59 Å². The molecule has 2 heterocycles. The van der Waals surface area contributed by atoms with E-state index in [4.69, 9.17) is 0 Å². The highest BCUT2D eigenvalue weighted by Gasteiger charge is 2.24. The van der Waals surface area contributed by atoms with Crippen LogP contribution in [0.3, 0.4) is 0 Å². The fraction of sp³-hybridized carbons (Fsp3) is 0.455. The van der Waals surface area contributed by atoms with E-state index in [0.29, 0.717) is 18.5 Å². The molecule has 1 fully saturated rings. The molecule has 4 nitrogen and oxygen atoms in total. The molecule has 1 aromatic rings. The monoisotopic (exact) mass is 364 g/mol. The molecule has 17 heavy (non-hydrogen) atoms. The van der Waals surface area contributed by atoms with Crippen LogP contribution < -0.4 is 5.32 Å². The SMILES string of the molecule is CN1CC(NC(=O)c2csc(I)c2)CCC1=O. The first kappa shape index (κ1) is 12.8. The van der Waals surface area contributed by atoms with E-state index in [1.165, 1.54) is 0 Å². The summed E-state index contributed by atoms with van der Waals surface area (Å²) in [7, 11) is 1.77. The summed E-state index contributed by atoms with van der Waals surface area (Å²) in [6.45, 7) is 0.603. The first-order chi connectivity index (χ1) is 8.06. The highest BCUT2D eigenvalue weighted by atomic mass is 127. The fourth-order valence-electron chi connectivity index (χ4n) is 1.83. The van der Waals surface area contributed by atoms with Gasteiger partial charge in [-0.25, -0.2) is 0 Å². The molecule has 0 radical (unpaired) electrons. The Labute approximate surface area is 118 Å². The average molecular weight is 364 g/mol. The van der Waals surface area contributed by atoms with Crippen LogP contribution in [0.25, 0.3) is 0 Å². The van der Waals surface area contributed by atoms with Gasteiger partial charge in [0.15, 0.2) is 0 Å². The van der Waals surface area contributed by atoms with Crippen molar-refractivity contribution < 1.29 is 9.59 Å². The van der Waals surface area contributed by atoms with Gasteiger partial charge in [-0.1, -0.05) is 0 Å². The van der Waals surface area contributed by atoms with Gasteiger partial charge in [0.25, 0.3) is 5.91 Å². The molecule has 0 saturated carbocycles. The van der Waals surface area contributed by atoms with Gasteiger partial charge >= 0.3 is 0 Å². The van der Waals surface area contributed by atoms with E-state index in [1.54, 1.807) is 23.3 Å². The molecule has 1 atom stereocenters. The third kappa shape index (κ3) is 3.19. The van der Waals surface area contributed by atoms with Crippen LogP contribution in [0.4, 0.5) is 0 Å². The number of hydrogen-bond acceptors (Lipinski definition) is 3. The minimum atomic E-state index is -0.0445. The van der Waals surface area contributed by atoms with Crippen LogP contribution in [0.1, 0.15) is 23.2 Å². The molecule has 0 bridgehead atoms. The summed E-state index contributed by atoms with van der Waals surface area (Å²) in [6, 6.07) is 1.95. The van der Waals surface area contributed by atoms with Crippen molar-refractivity contribution in [1.29, 1.82) is 0 Å². The summed E-state index contributed by atoms with van der Waals surface area (Å²) in [5.41, 5.74) is 0.707. The van der Waals surface area contributed by atoms with E-state index >= 15 is 0 Å². The lowest BCUT2D eigenvalue weighted by molar-refractivity contribution is -0.132. The fourth-order valence-corrected chi connectivity index (χ4v) is 3.15. The Morgan fingerprint density at radius 3 is 3.00 bits per heavy atom. The number of carbonyl (C=O) groups is 2. The van der Waals surface area contributed by atoms with Crippen LogP contribution in [-0.4, -0.2) is 36.3 Å². The standard InChI is InChI=1S/C11H13IN2O2S/c1-14-5-8(2-3-10(14)15)13-11(16)7-4-9(12)17-6-7/h4,6,8H,2-3,5H2,1H3,(H,13,16). The molecule has 1 aliphatic heterocycles. The normalized spacial score (nSPS) is 20.5. The number of nitrogens with zero attached hydrogens (tertiary/aromatic N) is 1. The molecule has 2 rings (SSSR count). The zero-order valence-electron chi connectivity index (χ0n) is 9.40. The summed E-state index contributed by atoms with van der Waals surface area (Å²) in [4.78, 5) is 24.9. The Morgan fingerprint density at radius 1 is 1.65 bits per heavy atom. The van der Waals surface area contributed by atoms with Crippen molar-refractivity contribution in [1.82, 2.24) is 10.2 Å². The molecule has 0 aromatic carbocycles. The van der Waals surface area contributed by atoms with Gasteiger partial charge in [0.1, 0.15) is 0 Å². The van der Waals surface area contributed by atoms with Crippen molar-refractivity contribution in [3.8, 4) is 0 Å². The van der Waals surface area contributed by atoms with Gasteiger partial charge in [0, 0.05) is 31.4 Å². The van der Waals surface area contributed by atoms with Crippen molar-refractivity contribution >= 4 is 45.7 Å². The maximum atomic E-state index is 11.9.